The molecule has 0 radical (unpaired) electrons. The van der Waals surface area contributed by atoms with Gasteiger partial charge in [0.25, 0.3) is 0 Å². The normalized spacial score (nSPS) is 12.3. The van der Waals surface area contributed by atoms with Crippen molar-refractivity contribution < 1.29 is 0 Å². The Balaban J connectivity index is 2.32. The van der Waals surface area contributed by atoms with Crippen LogP contribution in [0.25, 0.3) is 0 Å². The van der Waals surface area contributed by atoms with Crippen LogP contribution in [0, 0.1) is 0 Å². The Kier molecular flexibility index (Phi) is 3.00. The van der Waals surface area contributed by atoms with E-state index in [1.165, 1.54) is 11.5 Å². The first-order valence-electron chi connectivity index (χ1n) is 4.95. The van der Waals surface area contributed by atoms with Crippen LogP contribution in [-0.4, -0.2) is 20.4 Å². The molecule has 0 aliphatic carbocycles. The molecule has 2 aromatic rings. The summed E-state index contributed by atoms with van der Waals surface area (Å²) < 4.78 is 3.99. The molecule has 0 bridgehead atoms. The summed E-state index contributed by atoms with van der Waals surface area (Å²) in [6.45, 7) is 4.18. The topological polar surface area (TPSA) is 80.0 Å². The Hall–Kier alpha value is -1.69. The molecule has 16 heavy (non-hydrogen) atoms. The Morgan fingerprint density at radius 1 is 1.50 bits per heavy atom. The number of aromatic nitrogens is 3. The molecule has 2 aromatic heterocycles. The molecule has 3 N–H and O–H groups in total. The van der Waals surface area contributed by atoms with E-state index >= 15 is 0 Å². The second-order valence-electron chi connectivity index (χ2n) is 3.74. The first-order valence-corrected chi connectivity index (χ1v) is 5.79. The van der Waals surface area contributed by atoms with Crippen molar-refractivity contribution in [3.05, 3.63) is 28.9 Å². The van der Waals surface area contributed by atoms with Crippen molar-refractivity contribution in [2.45, 2.75) is 19.8 Å². The van der Waals surface area contributed by atoms with Crippen LogP contribution in [0.5, 0.6) is 0 Å². The number of amidine groups is 1. The lowest BCUT2D eigenvalue weighted by Crippen LogP contribution is -2.11. The zero-order chi connectivity index (χ0) is 11.5. The Bertz CT molecular complexity index is 483. The monoisotopic (exact) mass is 235 g/mol. The summed E-state index contributed by atoms with van der Waals surface area (Å²) in [7, 11) is 0. The molecule has 0 aliphatic rings. The van der Waals surface area contributed by atoms with Gasteiger partial charge in [0.2, 0.25) is 0 Å². The van der Waals surface area contributed by atoms with Crippen LogP contribution in [0.3, 0.4) is 0 Å². The molecule has 84 valence electrons. The summed E-state index contributed by atoms with van der Waals surface area (Å²) in [5.74, 6) is 1.55. The highest BCUT2D eigenvalue weighted by Crippen LogP contribution is 2.23. The number of nitrogens with two attached hydrogens (primary N) is 1. The SMILES string of the molecule is CC(C)c1cn[nH]c1N=C(N)c1cnsc1. The van der Waals surface area contributed by atoms with Crippen molar-refractivity contribution in [1.82, 2.24) is 14.6 Å². The average molecular weight is 235 g/mol. The molecule has 0 unspecified atom stereocenters. The molecule has 0 aromatic carbocycles. The number of aliphatic imine (C=N–C) groups is 1. The summed E-state index contributed by atoms with van der Waals surface area (Å²) >= 11 is 1.35. The standard InChI is InChI=1S/C10H13N5S/c1-6(2)8-4-12-15-10(8)14-9(11)7-3-13-16-5-7/h3-6H,1-2H3,(H3,11,12,14,15). The van der Waals surface area contributed by atoms with Crippen LogP contribution in [0.15, 0.2) is 22.8 Å². The Morgan fingerprint density at radius 2 is 2.31 bits per heavy atom. The maximum Gasteiger partial charge on any atom is 0.153 e. The van der Waals surface area contributed by atoms with Gasteiger partial charge in [-0.05, 0) is 17.5 Å². The van der Waals surface area contributed by atoms with Crippen LogP contribution >= 0.6 is 11.5 Å². The second-order valence-corrected chi connectivity index (χ2v) is 4.40. The van der Waals surface area contributed by atoms with Gasteiger partial charge in [-0.2, -0.15) is 5.10 Å². The third-order valence-electron chi connectivity index (χ3n) is 2.23. The number of hydrogen-bond acceptors (Lipinski definition) is 4. The molecule has 0 spiro atoms. The van der Waals surface area contributed by atoms with Gasteiger partial charge in [-0.3, -0.25) is 5.10 Å². The minimum Gasteiger partial charge on any atom is -0.383 e. The third kappa shape index (κ3) is 2.11. The number of nitrogens with one attached hydrogen (secondary N) is 1. The van der Waals surface area contributed by atoms with Crippen molar-refractivity contribution in [3.63, 3.8) is 0 Å². The van der Waals surface area contributed by atoms with Crippen molar-refractivity contribution >= 4 is 23.2 Å². The average Bonchev–Trinajstić information content (AvgIpc) is 2.86. The number of aromatic amines is 1. The zero-order valence-corrected chi connectivity index (χ0v) is 9.95. The Morgan fingerprint density at radius 3 is 2.94 bits per heavy atom. The van der Waals surface area contributed by atoms with Gasteiger partial charge >= 0.3 is 0 Å². The summed E-state index contributed by atoms with van der Waals surface area (Å²) in [4.78, 5) is 4.33. The molecule has 2 rings (SSSR count). The van der Waals surface area contributed by atoms with E-state index < -0.39 is 0 Å². The minimum absolute atomic E-state index is 0.367. The van der Waals surface area contributed by atoms with Gasteiger partial charge in [0.15, 0.2) is 5.82 Å². The van der Waals surface area contributed by atoms with E-state index in [-0.39, 0.29) is 0 Å². The maximum atomic E-state index is 5.87. The molecule has 0 saturated heterocycles. The van der Waals surface area contributed by atoms with E-state index in [1.807, 2.05) is 5.38 Å². The second kappa shape index (κ2) is 4.44. The number of H-pyrrole nitrogens is 1. The summed E-state index contributed by atoms with van der Waals surface area (Å²) in [6, 6.07) is 0. The maximum absolute atomic E-state index is 5.87. The van der Waals surface area contributed by atoms with E-state index in [0.717, 1.165) is 16.9 Å². The summed E-state index contributed by atoms with van der Waals surface area (Å²) in [6.07, 6.45) is 3.48. The fraction of sp³-hybridized carbons (Fsp3) is 0.300. The van der Waals surface area contributed by atoms with Crippen LogP contribution < -0.4 is 5.73 Å². The molecule has 6 heteroatoms. The molecule has 0 atom stereocenters. The molecule has 0 amide bonds. The highest BCUT2D eigenvalue weighted by molar-refractivity contribution is 7.03. The van der Waals surface area contributed by atoms with E-state index in [9.17, 15) is 0 Å². The lowest BCUT2D eigenvalue weighted by molar-refractivity contribution is 0.868. The molecular weight excluding hydrogens is 222 g/mol. The predicted molar refractivity (Wildman–Crippen MR) is 65.2 cm³/mol. The first-order chi connectivity index (χ1) is 7.68. The summed E-state index contributed by atoms with van der Waals surface area (Å²) in [5, 5.41) is 8.69. The fourth-order valence-corrected chi connectivity index (χ4v) is 1.85. The lowest BCUT2D eigenvalue weighted by atomic mass is 10.1. The van der Waals surface area contributed by atoms with Gasteiger partial charge in [-0.1, -0.05) is 13.8 Å². The van der Waals surface area contributed by atoms with Crippen molar-refractivity contribution in [2.24, 2.45) is 10.7 Å². The predicted octanol–water partition coefficient (Wildman–Crippen LogP) is 2.03. The molecule has 0 saturated carbocycles. The third-order valence-corrected chi connectivity index (χ3v) is 2.82. The van der Waals surface area contributed by atoms with Crippen LogP contribution in [0.1, 0.15) is 30.9 Å². The van der Waals surface area contributed by atoms with E-state index in [2.05, 4.69) is 33.4 Å². The molecular formula is C10H13N5S. The Labute approximate surface area is 97.6 Å². The molecule has 5 nitrogen and oxygen atoms in total. The lowest BCUT2D eigenvalue weighted by Gasteiger charge is -2.02. The van der Waals surface area contributed by atoms with Gasteiger partial charge in [0, 0.05) is 16.5 Å². The molecule has 0 aliphatic heterocycles. The van der Waals surface area contributed by atoms with Crippen LogP contribution in [0.2, 0.25) is 0 Å². The molecule has 2 heterocycles. The van der Waals surface area contributed by atoms with E-state index in [0.29, 0.717) is 11.8 Å². The summed E-state index contributed by atoms with van der Waals surface area (Å²) in [5.41, 5.74) is 7.77. The first kappa shape index (κ1) is 10.8. The number of nitrogens with zero attached hydrogens (tertiary/aromatic N) is 3. The molecule has 0 fully saturated rings. The quantitative estimate of drug-likeness (QED) is 0.631. The van der Waals surface area contributed by atoms with Gasteiger partial charge < -0.3 is 5.73 Å². The number of rotatable bonds is 3. The van der Waals surface area contributed by atoms with Crippen LogP contribution in [0.4, 0.5) is 5.82 Å². The minimum atomic E-state index is 0.367. The zero-order valence-electron chi connectivity index (χ0n) is 9.14. The van der Waals surface area contributed by atoms with E-state index in [1.54, 1.807) is 12.4 Å². The van der Waals surface area contributed by atoms with Gasteiger partial charge in [0.05, 0.1) is 12.4 Å². The van der Waals surface area contributed by atoms with Gasteiger partial charge in [-0.25, -0.2) is 9.37 Å². The largest absolute Gasteiger partial charge is 0.383 e. The highest BCUT2D eigenvalue weighted by Gasteiger charge is 2.09. The number of hydrogen-bond donors (Lipinski definition) is 2. The van der Waals surface area contributed by atoms with Gasteiger partial charge in [0.1, 0.15) is 5.84 Å². The van der Waals surface area contributed by atoms with Gasteiger partial charge in [-0.15, -0.1) is 0 Å². The van der Waals surface area contributed by atoms with Crippen molar-refractivity contribution in [3.8, 4) is 0 Å². The van der Waals surface area contributed by atoms with Crippen LogP contribution in [-0.2, 0) is 0 Å². The smallest absolute Gasteiger partial charge is 0.153 e. The van der Waals surface area contributed by atoms with Crippen molar-refractivity contribution in [1.29, 1.82) is 0 Å². The van der Waals surface area contributed by atoms with E-state index in [4.69, 9.17) is 5.73 Å². The fourth-order valence-electron chi connectivity index (χ4n) is 1.32. The van der Waals surface area contributed by atoms with Crippen molar-refractivity contribution in [2.75, 3.05) is 0 Å². The highest BCUT2D eigenvalue weighted by atomic mass is 32.1.